The van der Waals surface area contributed by atoms with E-state index in [-0.39, 0.29) is 35.3 Å². The molecule has 0 N–H and O–H groups in total. The summed E-state index contributed by atoms with van der Waals surface area (Å²) >= 11 is 0. The molecule has 200 valence electrons. The molecule has 2 aromatic rings. The molecule has 1 aliphatic carbocycles. The monoisotopic (exact) mass is 526 g/mol. The van der Waals surface area contributed by atoms with Crippen LogP contribution < -0.4 is 0 Å². The largest absolute Gasteiger partial charge is 0.457 e. The van der Waals surface area contributed by atoms with Crippen LogP contribution in [0, 0.1) is 37.0 Å². The van der Waals surface area contributed by atoms with Crippen LogP contribution in [-0.2, 0) is 19.1 Å². The van der Waals surface area contributed by atoms with Gasteiger partial charge in [0.25, 0.3) is 11.4 Å². The zero-order valence-corrected chi connectivity index (χ0v) is 21.0. The zero-order valence-electron chi connectivity index (χ0n) is 21.0. The van der Waals surface area contributed by atoms with Gasteiger partial charge in [0.1, 0.15) is 0 Å². The highest BCUT2D eigenvalue weighted by atomic mass is 16.6. The number of carbonyl (C=O) groups is 4. The van der Waals surface area contributed by atoms with Gasteiger partial charge < -0.3 is 9.47 Å². The summed E-state index contributed by atoms with van der Waals surface area (Å²) in [5.41, 5.74) is -2.61. The molecule has 12 nitrogen and oxygen atoms in total. The molecular formula is C26H26N2O10. The highest BCUT2D eigenvalue weighted by molar-refractivity contribution is 5.99. The lowest BCUT2D eigenvalue weighted by Gasteiger charge is -2.38. The van der Waals surface area contributed by atoms with E-state index in [4.69, 9.17) is 9.47 Å². The number of carbonyl (C=O) groups excluding carboxylic acids is 4. The number of benzene rings is 2. The molecule has 0 amide bonds. The van der Waals surface area contributed by atoms with Gasteiger partial charge in [0.15, 0.2) is 13.2 Å². The first kappa shape index (κ1) is 28.1. The smallest absolute Gasteiger partial charge is 0.312 e. The maximum absolute atomic E-state index is 13.1. The molecule has 0 unspecified atom stereocenters. The van der Waals surface area contributed by atoms with Crippen LogP contribution in [0.3, 0.4) is 0 Å². The van der Waals surface area contributed by atoms with E-state index < -0.39 is 63.3 Å². The van der Waals surface area contributed by atoms with Crippen molar-refractivity contribution in [2.45, 2.75) is 33.6 Å². The highest BCUT2D eigenvalue weighted by Crippen LogP contribution is 2.56. The molecule has 0 aromatic heterocycles. The van der Waals surface area contributed by atoms with E-state index >= 15 is 0 Å². The zero-order chi connectivity index (χ0) is 28.3. The molecule has 0 radical (unpaired) electrons. The van der Waals surface area contributed by atoms with E-state index in [1.165, 1.54) is 36.4 Å². The van der Waals surface area contributed by atoms with Crippen molar-refractivity contribution in [1.82, 2.24) is 0 Å². The van der Waals surface area contributed by atoms with Crippen molar-refractivity contribution in [3.8, 4) is 0 Å². The summed E-state index contributed by atoms with van der Waals surface area (Å²) in [6, 6.07) is 10.1. The highest BCUT2D eigenvalue weighted by Gasteiger charge is 2.59. The van der Waals surface area contributed by atoms with Gasteiger partial charge in [-0.15, -0.1) is 0 Å². The second kappa shape index (κ2) is 10.9. The molecular weight excluding hydrogens is 500 g/mol. The average molecular weight is 526 g/mol. The Hall–Kier alpha value is -4.48. The summed E-state index contributed by atoms with van der Waals surface area (Å²) in [5, 5.41) is 21.9. The molecule has 0 heterocycles. The van der Waals surface area contributed by atoms with Crippen LogP contribution in [0.1, 0.15) is 54.3 Å². The Bertz CT molecular complexity index is 1320. The third-order valence-electron chi connectivity index (χ3n) is 7.40. The van der Waals surface area contributed by atoms with E-state index in [1.807, 2.05) is 0 Å². The molecule has 3 rings (SSSR count). The molecule has 2 atom stereocenters. The Morgan fingerprint density at radius 2 is 1.32 bits per heavy atom. The minimum Gasteiger partial charge on any atom is -0.457 e. The second-order valence-electron chi connectivity index (χ2n) is 9.79. The van der Waals surface area contributed by atoms with E-state index in [0.717, 1.165) is 12.1 Å². The number of nitro groups is 2. The van der Waals surface area contributed by atoms with Gasteiger partial charge >= 0.3 is 11.9 Å². The van der Waals surface area contributed by atoms with Crippen molar-refractivity contribution in [2.75, 3.05) is 13.2 Å². The number of non-ortho nitro benzene ring substituents is 2. The third kappa shape index (κ3) is 5.58. The van der Waals surface area contributed by atoms with Crippen molar-refractivity contribution in [3.63, 3.8) is 0 Å². The number of Topliss-reactive ketones (excluding diaryl/α,β-unsaturated/α-hetero) is 2. The van der Waals surface area contributed by atoms with Crippen molar-refractivity contribution in [2.24, 2.45) is 16.7 Å². The molecule has 1 aliphatic rings. The van der Waals surface area contributed by atoms with Crippen molar-refractivity contribution >= 4 is 34.9 Å². The van der Waals surface area contributed by atoms with Gasteiger partial charge in [-0.2, -0.15) is 0 Å². The molecule has 1 saturated carbocycles. The number of hydrogen-bond donors (Lipinski definition) is 0. The molecule has 0 aliphatic heterocycles. The average Bonchev–Trinajstić information content (AvgIpc) is 3.14. The molecule has 0 saturated heterocycles. The van der Waals surface area contributed by atoms with Gasteiger partial charge in [0.2, 0.25) is 11.6 Å². The first-order valence-electron chi connectivity index (χ1n) is 11.7. The minimum atomic E-state index is -1.16. The minimum absolute atomic E-state index is 0.0257. The number of ether oxygens (including phenoxy) is 2. The fourth-order valence-corrected chi connectivity index (χ4v) is 4.56. The van der Waals surface area contributed by atoms with Crippen molar-refractivity contribution in [3.05, 3.63) is 79.9 Å². The standard InChI is InChI=1S/C26H26N2O10/c1-25(2)20(23(31)37-14-21(29)16-6-4-8-18(12-16)27(33)34)10-11-26(25,3)24(32)38-15-22(30)17-7-5-9-19(13-17)28(35)36/h4-9,12-13,20H,10-11,14-15H2,1-3H3/t20-,26+/m0/s1. The van der Waals surface area contributed by atoms with Gasteiger partial charge in [-0.05, 0) is 25.2 Å². The SMILES string of the molecule is CC1(C)[C@H](C(=O)OCC(=O)c2cccc([N+](=O)[O-])c2)CC[C@]1(C)C(=O)OCC(=O)c1cccc([N+](=O)[O-])c1. The van der Waals surface area contributed by atoms with Crippen molar-refractivity contribution < 1.29 is 38.5 Å². The summed E-state index contributed by atoms with van der Waals surface area (Å²) in [6.45, 7) is 3.76. The third-order valence-corrected chi connectivity index (χ3v) is 7.40. The summed E-state index contributed by atoms with van der Waals surface area (Å²) in [6.07, 6.45) is 0.518. The summed E-state index contributed by atoms with van der Waals surface area (Å²) in [4.78, 5) is 71.4. The number of ketones is 2. The Kier molecular flexibility index (Phi) is 8.04. The van der Waals surface area contributed by atoms with Crippen molar-refractivity contribution in [1.29, 1.82) is 0 Å². The van der Waals surface area contributed by atoms with Crippen LogP contribution in [-0.4, -0.2) is 46.6 Å². The fraction of sp³-hybridized carbons (Fsp3) is 0.385. The van der Waals surface area contributed by atoms with Crippen LogP contribution >= 0.6 is 0 Å². The van der Waals surface area contributed by atoms with Crippen LogP contribution in [0.25, 0.3) is 0 Å². The van der Waals surface area contributed by atoms with Crippen LogP contribution in [0.15, 0.2) is 48.5 Å². The normalized spacial score (nSPS) is 19.8. The first-order chi connectivity index (χ1) is 17.8. The Morgan fingerprint density at radius 3 is 1.79 bits per heavy atom. The topological polar surface area (TPSA) is 173 Å². The lowest BCUT2D eigenvalue weighted by atomic mass is 9.65. The van der Waals surface area contributed by atoms with E-state index in [9.17, 15) is 39.4 Å². The lowest BCUT2D eigenvalue weighted by molar-refractivity contribution is -0.385. The Balaban J connectivity index is 1.62. The molecule has 12 heteroatoms. The lowest BCUT2D eigenvalue weighted by Crippen LogP contribution is -2.44. The van der Waals surface area contributed by atoms with Gasteiger partial charge in [0, 0.05) is 35.4 Å². The maximum Gasteiger partial charge on any atom is 0.312 e. The quantitative estimate of drug-likeness (QED) is 0.190. The first-order valence-corrected chi connectivity index (χ1v) is 11.7. The number of esters is 2. The Morgan fingerprint density at radius 1 is 0.842 bits per heavy atom. The van der Waals surface area contributed by atoms with Gasteiger partial charge in [0.05, 0.1) is 21.2 Å². The van der Waals surface area contributed by atoms with Gasteiger partial charge in [-0.3, -0.25) is 39.4 Å². The predicted octanol–water partition coefficient (Wildman–Crippen LogP) is 4.10. The molecule has 0 bridgehead atoms. The molecule has 1 fully saturated rings. The maximum atomic E-state index is 13.1. The van der Waals surface area contributed by atoms with Crippen LogP contribution in [0.2, 0.25) is 0 Å². The number of rotatable bonds is 10. The summed E-state index contributed by atoms with van der Waals surface area (Å²) < 4.78 is 10.5. The van der Waals surface area contributed by atoms with Gasteiger partial charge in [-0.1, -0.05) is 38.1 Å². The molecule has 2 aromatic carbocycles. The van der Waals surface area contributed by atoms with Crippen LogP contribution in [0.5, 0.6) is 0 Å². The molecule has 38 heavy (non-hydrogen) atoms. The predicted molar refractivity (Wildman–Crippen MR) is 131 cm³/mol. The Labute approximate surface area is 217 Å². The number of nitrogens with zero attached hydrogens (tertiary/aromatic N) is 2. The fourth-order valence-electron chi connectivity index (χ4n) is 4.56. The molecule has 0 spiro atoms. The summed E-state index contributed by atoms with van der Waals surface area (Å²) in [5.74, 6) is -3.38. The van der Waals surface area contributed by atoms with Gasteiger partial charge in [-0.25, -0.2) is 0 Å². The second-order valence-corrected chi connectivity index (χ2v) is 9.79. The number of nitro benzene ring substituents is 2. The summed E-state index contributed by atoms with van der Waals surface area (Å²) in [7, 11) is 0. The van der Waals surface area contributed by atoms with Crippen LogP contribution in [0.4, 0.5) is 11.4 Å². The van der Waals surface area contributed by atoms with E-state index in [2.05, 4.69) is 0 Å². The van der Waals surface area contributed by atoms with E-state index in [1.54, 1.807) is 20.8 Å². The number of hydrogen-bond acceptors (Lipinski definition) is 10. The van der Waals surface area contributed by atoms with E-state index in [0.29, 0.717) is 0 Å².